The maximum absolute atomic E-state index is 13.4. The van der Waals surface area contributed by atoms with E-state index < -0.39 is 23.4 Å². The van der Waals surface area contributed by atoms with Gasteiger partial charge in [0.1, 0.15) is 17.1 Å². The predicted molar refractivity (Wildman–Crippen MR) is 69.4 cm³/mol. The van der Waals surface area contributed by atoms with E-state index in [0.29, 0.717) is 0 Å². The Labute approximate surface area is 113 Å². The molecule has 0 aliphatic carbocycles. The molecule has 0 atom stereocenters. The third-order valence-corrected chi connectivity index (χ3v) is 2.60. The van der Waals surface area contributed by atoms with Crippen molar-refractivity contribution >= 4 is 17.6 Å². The summed E-state index contributed by atoms with van der Waals surface area (Å²) in [5, 5.41) is 20.6. The monoisotopic (exact) mass is 275 g/mol. The van der Waals surface area contributed by atoms with Crippen LogP contribution in [0.3, 0.4) is 0 Å². The molecule has 0 saturated carbocycles. The lowest BCUT2D eigenvalue weighted by Crippen LogP contribution is -2.13. The minimum absolute atomic E-state index is 0.144. The van der Waals surface area contributed by atoms with Gasteiger partial charge in [0.25, 0.3) is 5.91 Å². The molecular weight excluding hydrogens is 265 g/mol. The number of rotatable bonds is 3. The van der Waals surface area contributed by atoms with Crippen molar-refractivity contribution in [2.24, 2.45) is 0 Å². The fraction of sp³-hybridized carbons (Fsp3) is 0. The van der Waals surface area contributed by atoms with Crippen LogP contribution in [0.25, 0.3) is 0 Å². The summed E-state index contributed by atoms with van der Waals surface area (Å²) >= 11 is 0. The van der Waals surface area contributed by atoms with Gasteiger partial charge in [-0.15, -0.1) is 0 Å². The second-order valence-electron chi connectivity index (χ2n) is 3.97. The lowest BCUT2D eigenvalue weighted by atomic mass is 10.1. The Morgan fingerprint density at radius 2 is 1.75 bits per heavy atom. The van der Waals surface area contributed by atoms with Crippen molar-refractivity contribution in [3.8, 4) is 5.75 Å². The van der Waals surface area contributed by atoms with Crippen LogP contribution in [0.2, 0.25) is 0 Å². The first-order chi connectivity index (χ1) is 9.49. The highest BCUT2D eigenvalue weighted by Gasteiger charge is 2.13. The molecular formula is C14H10FNO4. The second-order valence-corrected chi connectivity index (χ2v) is 3.97. The molecule has 3 N–H and O–H groups in total. The van der Waals surface area contributed by atoms with Crippen molar-refractivity contribution in [3.05, 3.63) is 59.4 Å². The van der Waals surface area contributed by atoms with Crippen LogP contribution in [0.15, 0.2) is 42.5 Å². The Hall–Kier alpha value is -2.89. The Bertz CT molecular complexity index is 685. The molecule has 0 aromatic heterocycles. The topological polar surface area (TPSA) is 86.6 Å². The Morgan fingerprint density at radius 1 is 1.05 bits per heavy atom. The number of aromatic carboxylic acids is 1. The quantitative estimate of drug-likeness (QED) is 0.803. The molecule has 2 rings (SSSR count). The first kappa shape index (κ1) is 13.5. The summed E-state index contributed by atoms with van der Waals surface area (Å²) < 4.78 is 13.4. The average Bonchev–Trinajstić information content (AvgIpc) is 2.38. The van der Waals surface area contributed by atoms with Crippen LogP contribution in [0, 0.1) is 5.82 Å². The summed E-state index contributed by atoms with van der Waals surface area (Å²) in [5.41, 5.74) is -0.260. The molecule has 0 radical (unpaired) electrons. The number of carbonyl (C=O) groups is 2. The number of carboxylic acid groups (broad SMARTS) is 1. The van der Waals surface area contributed by atoms with Gasteiger partial charge >= 0.3 is 5.97 Å². The molecule has 0 saturated heterocycles. The zero-order valence-electron chi connectivity index (χ0n) is 10.1. The molecule has 0 aliphatic heterocycles. The fourth-order valence-electron chi connectivity index (χ4n) is 1.63. The highest BCUT2D eigenvalue weighted by Crippen LogP contribution is 2.22. The number of phenols is 1. The molecule has 2 aromatic rings. The number of hydrogen-bond acceptors (Lipinski definition) is 3. The molecule has 5 nitrogen and oxygen atoms in total. The van der Waals surface area contributed by atoms with Crippen LogP contribution < -0.4 is 5.32 Å². The largest absolute Gasteiger partial charge is 0.507 e. The smallest absolute Gasteiger partial charge is 0.339 e. The van der Waals surface area contributed by atoms with E-state index in [9.17, 15) is 19.1 Å². The molecule has 1 amide bonds. The van der Waals surface area contributed by atoms with Gasteiger partial charge in [0.15, 0.2) is 0 Å². The second kappa shape index (κ2) is 5.40. The van der Waals surface area contributed by atoms with E-state index >= 15 is 0 Å². The van der Waals surface area contributed by atoms with E-state index in [1.165, 1.54) is 24.3 Å². The molecule has 0 spiro atoms. The molecule has 102 valence electrons. The van der Waals surface area contributed by atoms with Gasteiger partial charge in [-0.05, 0) is 24.3 Å². The average molecular weight is 275 g/mol. The molecule has 2 aromatic carbocycles. The van der Waals surface area contributed by atoms with Crippen molar-refractivity contribution in [1.82, 2.24) is 0 Å². The SMILES string of the molecule is O=C(O)c1ccc(NC(=O)c2ccccc2F)cc1O. The lowest BCUT2D eigenvalue weighted by molar-refractivity contribution is 0.0693. The van der Waals surface area contributed by atoms with Crippen LogP contribution in [-0.2, 0) is 0 Å². The minimum Gasteiger partial charge on any atom is -0.507 e. The van der Waals surface area contributed by atoms with Gasteiger partial charge in [0.05, 0.1) is 5.56 Å². The van der Waals surface area contributed by atoms with E-state index in [1.54, 1.807) is 0 Å². The Morgan fingerprint density at radius 3 is 2.35 bits per heavy atom. The number of carboxylic acids is 1. The molecule has 6 heteroatoms. The standard InChI is InChI=1S/C14H10FNO4/c15-11-4-2-1-3-9(11)13(18)16-8-5-6-10(14(19)20)12(17)7-8/h1-7,17H,(H,16,18)(H,19,20). The third kappa shape index (κ3) is 2.74. The van der Waals surface area contributed by atoms with Crippen molar-refractivity contribution in [3.63, 3.8) is 0 Å². The van der Waals surface area contributed by atoms with Crippen molar-refractivity contribution in [1.29, 1.82) is 0 Å². The number of halogens is 1. The molecule has 0 bridgehead atoms. The van der Waals surface area contributed by atoms with E-state index in [-0.39, 0.29) is 16.8 Å². The van der Waals surface area contributed by atoms with Crippen molar-refractivity contribution in [2.75, 3.05) is 5.32 Å². The maximum atomic E-state index is 13.4. The summed E-state index contributed by atoms with van der Waals surface area (Å²) in [4.78, 5) is 22.5. The van der Waals surface area contributed by atoms with Gasteiger partial charge in [-0.3, -0.25) is 4.79 Å². The predicted octanol–water partition coefficient (Wildman–Crippen LogP) is 2.48. The highest BCUT2D eigenvalue weighted by atomic mass is 19.1. The van der Waals surface area contributed by atoms with Gasteiger partial charge in [-0.2, -0.15) is 0 Å². The first-order valence-electron chi connectivity index (χ1n) is 5.61. The van der Waals surface area contributed by atoms with Crippen molar-refractivity contribution in [2.45, 2.75) is 0 Å². The Balaban J connectivity index is 2.23. The van der Waals surface area contributed by atoms with Crippen molar-refractivity contribution < 1.29 is 24.2 Å². The summed E-state index contributed by atoms with van der Waals surface area (Å²) in [6.07, 6.45) is 0. The molecule has 0 unspecified atom stereocenters. The number of anilines is 1. The first-order valence-corrected chi connectivity index (χ1v) is 5.61. The summed E-state index contributed by atoms with van der Waals surface area (Å²) in [7, 11) is 0. The number of hydrogen-bond donors (Lipinski definition) is 3. The normalized spacial score (nSPS) is 10.1. The minimum atomic E-state index is -1.28. The summed E-state index contributed by atoms with van der Waals surface area (Å²) in [6.45, 7) is 0. The Kier molecular flexibility index (Phi) is 3.65. The number of benzene rings is 2. The number of amides is 1. The van der Waals surface area contributed by atoms with Gasteiger partial charge in [0, 0.05) is 11.8 Å². The third-order valence-electron chi connectivity index (χ3n) is 2.60. The van der Waals surface area contributed by atoms with Gasteiger partial charge < -0.3 is 15.5 Å². The van der Waals surface area contributed by atoms with Crippen LogP contribution in [-0.4, -0.2) is 22.1 Å². The van der Waals surface area contributed by atoms with Gasteiger partial charge in [-0.1, -0.05) is 12.1 Å². The van der Waals surface area contributed by atoms with Crippen LogP contribution in [0.4, 0.5) is 10.1 Å². The molecule has 0 fully saturated rings. The summed E-state index contributed by atoms with van der Waals surface area (Å²) in [5.74, 6) is -3.12. The van der Waals surface area contributed by atoms with Gasteiger partial charge in [0.2, 0.25) is 0 Å². The fourth-order valence-corrected chi connectivity index (χ4v) is 1.63. The zero-order chi connectivity index (χ0) is 14.7. The van der Waals surface area contributed by atoms with E-state index in [2.05, 4.69) is 5.32 Å². The molecule has 20 heavy (non-hydrogen) atoms. The van der Waals surface area contributed by atoms with Crippen LogP contribution in [0.5, 0.6) is 5.75 Å². The maximum Gasteiger partial charge on any atom is 0.339 e. The number of aromatic hydroxyl groups is 1. The molecule has 0 aliphatic rings. The number of nitrogens with one attached hydrogen (secondary N) is 1. The van der Waals surface area contributed by atoms with Crippen LogP contribution >= 0.6 is 0 Å². The summed E-state index contributed by atoms with van der Waals surface area (Å²) in [6, 6.07) is 8.98. The lowest BCUT2D eigenvalue weighted by Gasteiger charge is -2.07. The van der Waals surface area contributed by atoms with E-state index in [1.807, 2.05) is 0 Å². The highest BCUT2D eigenvalue weighted by molar-refractivity contribution is 6.04. The van der Waals surface area contributed by atoms with E-state index in [4.69, 9.17) is 5.11 Å². The molecule has 0 heterocycles. The van der Waals surface area contributed by atoms with Crippen LogP contribution in [0.1, 0.15) is 20.7 Å². The van der Waals surface area contributed by atoms with E-state index in [0.717, 1.165) is 18.2 Å². The van der Waals surface area contributed by atoms with Gasteiger partial charge in [-0.25, -0.2) is 9.18 Å². The zero-order valence-corrected chi connectivity index (χ0v) is 10.1. The number of carbonyl (C=O) groups excluding carboxylic acids is 1.